The molecule has 0 fully saturated rings. The van der Waals surface area contributed by atoms with Crippen LogP contribution in [0.25, 0.3) is 0 Å². The molecule has 12 heavy (non-hydrogen) atoms. The number of nitrogens with one attached hydrogen (secondary N) is 1. The summed E-state index contributed by atoms with van der Waals surface area (Å²) < 4.78 is 0. The molecule has 68 valence electrons. The highest BCUT2D eigenvalue weighted by molar-refractivity contribution is 5.72. The Kier molecular flexibility index (Phi) is 31.8. The average molecular weight is 169 g/mol. The number of carbonyl (C=O) groups is 1. The molecule has 0 aromatic rings. The Balaban J connectivity index is -0.000000105. The van der Waals surface area contributed by atoms with Crippen molar-refractivity contribution in [3.63, 3.8) is 0 Å². The quantitative estimate of drug-likeness (QED) is 0.592. The van der Waals surface area contributed by atoms with Crippen molar-refractivity contribution in [2.75, 3.05) is 7.05 Å². The third kappa shape index (κ3) is 223. The lowest BCUT2D eigenvalue weighted by molar-refractivity contribution is -0.118. The van der Waals surface area contributed by atoms with Crippen LogP contribution >= 0.6 is 0 Å². The predicted octanol–water partition coefficient (Wildman–Crippen LogP) is 1.20. The van der Waals surface area contributed by atoms with E-state index in [0.29, 0.717) is 6.42 Å². The van der Waals surface area contributed by atoms with Crippen molar-refractivity contribution in [2.45, 2.75) is 27.2 Å². The van der Waals surface area contributed by atoms with Gasteiger partial charge in [-0.25, -0.2) is 0 Å². The summed E-state index contributed by atoms with van der Waals surface area (Å²) in [6.45, 7) is 4.72. The van der Waals surface area contributed by atoms with Crippen molar-refractivity contribution in [3.8, 4) is 12.1 Å². The molecule has 4 nitrogen and oxygen atoms in total. The average Bonchev–Trinajstić information content (AvgIpc) is 2.06. The summed E-state index contributed by atoms with van der Waals surface area (Å²) in [5, 5.41) is 17.3. The van der Waals surface area contributed by atoms with E-state index in [9.17, 15) is 4.79 Å². The van der Waals surface area contributed by atoms with Crippen LogP contribution in [0.15, 0.2) is 0 Å². The summed E-state index contributed by atoms with van der Waals surface area (Å²) in [5.74, 6) is 0.00463. The summed E-state index contributed by atoms with van der Waals surface area (Å²) in [4.78, 5) is 9.70. The highest BCUT2D eigenvalue weighted by Gasteiger charge is 1.72. The maximum Gasteiger partial charge on any atom is 0.216 e. The molecule has 0 aromatic heterocycles. The molecule has 0 bridgehead atoms. The van der Waals surface area contributed by atoms with Gasteiger partial charge >= 0.3 is 0 Å². The van der Waals surface area contributed by atoms with E-state index in [2.05, 4.69) is 5.32 Å². The lowest BCUT2D eigenvalue weighted by atomic mass is 10.6. The van der Waals surface area contributed by atoms with Gasteiger partial charge in [-0.1, -0.05) is 6.92 Å². The SMILES string of the molecule is CC#N.CCC#N.CNC(C)=O. The Hall–Kier alpha value is -1.55. The van der Waals surface area contributed by atoms with Gasteiger partial charge in [-0.05, 0) is 0 Å². The highest BCUT2D eigenvalue weighted by atomic mass is 16.1. The molecule has 0 radical (unpaired) electrons. The Labute approximate surface area is 73.8 Å². The molecular formula is C8H15N3O. The van der Waals surface area contributed by atoms with Gasteiger partial charge in [0.1, 0.15) is 0 Å². The first-order chi connectivity index (χ1) is 5.60. The van der Waals surface area contributed by atoms with E-state index in [4.69, 9.17) is 10.5 Å². The first-order valence-electron chi connectivity index (χ1n) is 3.46. The van der Waals surface area contributed by atoms with Crippen molar-refractivity contribution < 1.29 is 4.79 Å². The minimum absolute atomic E-state index is 0.00463. The number of carbonyl (C=O) groups excluding carboxylic acids is 1. The topological polar surface area (TPSA) is 76.7 Å². The molecule has 0 saturated carbocycles. The molecule has 0 aliphatic heterocycles. The molecule has 0 aliphatic rings. The minimum atomic E-state index is 0.00463. The van der Waals surface area contributed by atoms with Gasteiger partial charge in [0.2, 0.25) is 5.91 Å². The van der Waals surface area contributed by atoms with E-state index in [-0.39, 0.29) is 5.91 Å². The normalized spacial score (nSPS) is 5.17. The van der Waals surface area contributed by atoms with Crippen LogP contribution in [0.2, 0.25) is 0 Å². The zero-order valence-corrected chi connectivity index (χ0v) is 8.01. The van der Waals surface area contributed by atoms with Gasteiger partial charge < -0.3 is 5.32 Å². The molecule has 0 unspecified atom stereocenters. The van der Waals surface area contributed by atoms with Crippen LogP contribution in [-0.2, 0) is 4.79 Å². The summed E-state index contributed by atoms with van der Waals surface area (Å²) in [7, 11) is 1.60. The summed E-state index contributed by atoms with van der Waals surface area (Å²) >= 11 is 0. The highest BCUT2D eigenvalue weighted by Crippen LogP contribution is 1.58. The molecule has 0 aromatic carbocycles. The lowest BCUT2D eigenvalue weighted by Crippen LogP contribution is -2.11. The molecule has 0 atom stereocenters. The second kappa shape index (κ2) is 22.7. The summed E-state index contributed by atoms with van der Waals surface area (Å²) in [6.07, 6.45) is 0.625. The minimum Gasteiger partial charge on any atom is -0.359 e. The zero-order valence-electron chi connectivity index (χ0n) is 8.01. The lowest BCUT2D eigenvalue weighted by Gasteiger charge is -1.80. The van der Waals surface area contributed by atoms with Crippen LogP contribution in [0.4, 0.5) is 0 Å². The summed E-state index contributed by atoms with van der Waals surface area (Å²) in [5.41, 5.74) is 0. The van der Waals surface area contributed by atoms with E-state index in [1.54, 1.807) is 13.1 Å². The molecule has 0 heterocycles. The molecule has 4 heteroatoms. The van der Waals surface area contributed by atoms with Crippen molar-refractivity contribution in [1.29, 1.82) is 10.5 Å². The smallest absolute Gasteiger partial charge is 0.216 e. The Morgan fingerprint density at radius 3 is 1.67 bits per heavy atom. The van der Waals surface area contributed by atoms with Crippen LogP contribution in [0.5, 0.6) is 0 Å². The molecular weight excluding hydrogens is 154 g/mol. The maximum absolute atomic E-state index is 9.70. The molecule has 0 aliphatic carbocycles. The fraction of sp³-hybridized carbons (Fsp3) is 0.625. The van der Waals surface area contributed by atoms with Gasteiger partial charge in [-0.3, -0.25) is 4.79 Å². The number of nitrogens with zero attached hydrogens (tertiary/aromatic N) is 2. The van der Waals surface area contributed by atoms with Gasteiger partial charge in [0.05, 0.1) is 12.1 Å². The fourth-order valence-corrected chi connectivity index (χ4v) is 0. The zero-order chi connectivity index (χ0) is 10.4. The number of amides is 1. The molecule has 0 rings (SSSR count). The second-order valence-corrected chi connectivity index (χ2v) is 1.54. The van der Waals surface area contributed by atoms with Crippen molar-refractivity contribution in [1.82, 2.24) is 5.32 Å². The van der Waals surface area contributed by atoms with Gasteiger partial charge in [-0.15, -0.1) is 0 Å². The summed E-state index contributed by atoms with van der Waals surface area (Å²) in [6, 6.07) is 3.68. The Morgan fingerprint density at radius 2 is 1.67 bits per heavy atom. The van der Waals surface area contributed by atoms with Crippen LogP contribution in [0, 0.1) is 22.7 Å². The predicted molar refractivity (Wildman–Crippen MR) is 46.9 cm³/mol. The standard InChI is InChI=1S/C3H7NO.C3H5N.C2H3N/c1-3(5)4-2;1-2-3-4;1-2-3/h1-2H3,(H,4,5);2H2,1H3;1H3. The van der Waals surface area contributed by atoms with Gasteiger partial charge in [-0.2, -0.15) is 10.5 Å². The monoisotopic (exact) mass is 169 g/mol. The van der Waals surface area contributed by atoms with E-state index in [1.807, 2.05) is 13.0 Å². The van der Waals surface area contributed by atoms with Crippen LogP contribution in [0.1, 0.15) is 27.2 Å². The first-order valence-corrected chi connectivity index (χ1v) is 3.46. The molecule has 0 saturated heterocycles. The maximum atomic E-state index is 9.70. The van der Waals surface area contributed by atoms with Crippen LogP contribution in [-0.4, -0.2) is 13.0 Å². The first kappa shape index (κ1) is 16.8. The number of rotatable bonds is 0. The van der Waals surface area contributed by atoms with Crippen molar-refractivity contribution >= 4 is 5.91 Å². The number of hydrogen-bond acceptors (Lipinski definition) is 3. The van der Waals surface area contributed by atoms with Crippen LogP contribution in [0.3, 0.4) is 0 Å². The van der Waals surface area contributed by atoms with E-state index >= 15 is 0 Å². The third-order valence-electron chi connectivity index (χ3n) is 0.510. The van der Waals surface area contributed by atoms with E-state index in [1.165, 1.54) is 13.8 Å². The van der Waals surface area contributed by atoms with E-state index < -0.39 is 0 Å². The van der Waals surface area contributed by atoms with Gasteiger partial charge in [0.25, 0.3) is 0 Å². The van der Waals surface area contributed by atoms with Crippen molar-refractivity contribution in [2.24, 2.45) is 0 Å². The molecule has 1 N–H and O–H groups in total. The molecule has 0 spiro atoms. The van der Waals surface area contributed by atoms with Crippen molar-refractivity contribution in [3.05, 3.63) is 0 Å². The number of nitriles is 2. The second-order valence-electron chi connectivity index (χ2n) is 1.54. The van der Waals surface area contributed by atoms with E-state index in [0.717, 1.165) is 0 Å². The third-order valence-corrected chi connectivity index (χ3v) is 0.510. The Bertz CT molecular complexity index is 164. The fourth-order valence-electron chi connectivity index (χ4n) is 0. The largest absolute Gasteiger partial charge is 0.359 e. The van der Waals surface area contributed by atoms with Gasteiger partial charge in [0, 0.05) is 27.3 Å². The molecule has 1 amide bonds. The van der Waals surface area contributed by atoms with Crippen LogP contribution < -0.4 is 5.32 Å². The Morgan fingerprint density at radius 1 is 1.50 bits per heavy atom. The number of hydrogen-bond donors (Lipinski definition) is 1. The van der Waals surface area contributed by atoms with Gasteiger partial charge in [0.15, 0.2) is 0 Å².